The van der Waals surface area contributed by atoms with E-state index in [4.69, 9.17) is 22.9 Å². The van der Waals surface area contributed by atoms with Gasteiger partial charge in [0.1, 0.15) is 66.5 Å². The molecule has 0 fully saturated rings. The number of carbonyl (C=O) groups is 12. The lowest BCUT2D eigenvalue weighted by Gasteiger charge is -2.29. The molecule has 25 N–H and O–H groups in total. The molecule has 576 valence electrons. The molecule has 14 atom stereocenters. The van der Waals surface area contributed by atoms with E-state index in [-0.39, 0.29) is 81.9 Å². The summed E-state index contributed by atoms with van der Waals surface area (Å²) in [5, 5.41) is 80.1. The fourth-order valence-corrected chi connectivity index (χ4v) is 11.3. The standard InChI is InChI=1S/C70H97N17O17S2/c1-38(90)56(67(101)82-51(31-42-21-10-5-11-22-42)64(98)87-57(39(2)91)68(102)84-54(35-89)66(100)85-55(37-106)69(103)104)86-60(94)47(25-14-15-27-71)78-63(97)52(32-43-33-76-46-24-13-12-23-44(43)46)81-62(96)49(29-40-17-6-3-7-18-40)79-61(95)50(30-41-19-8-4-9-20-41)80-65(99)53(34-88)83-59(93)48(26-16-28-75-70(73)74)77-58(92)45(72)36-105/h3-13,17-24,33,38-39,45,47-57,76,88-91,105-106H,14-16,25-32,34-37,71-72H2,1-2H3,(H,77,92)(H,78,97)(H,79,95)(H,80,99)(H,81,96)(H,82,101)(H,83,93)(H,84,102)(H,85,100)(H,86,94)(H,87,98)(H,103,104)(H4,73,74,75)/t38-,39-,45+,47+,48+,49+,50+,51+,52-,53-,54+,55+,56+,57+/m1/s1. The quantitative estimate of drug-likeness (QED) is 0.00751. The number of para-hydroxylation sites is 1. The summed E-state index contributed by atoms with van der Waals surface area (Å²) in [7, 11) is 0. The first-order chi connectivity index (χ1) is 50.6. The molecule has 34 nitrogen and oxygen atoms in total. The minimum atomic E-state index is -1.89. The van der Waals surface area contributed by atoms with Crippen LogP contribution in [0.1, 0.15) is 68.2 Å². The zero-order valence-electron chi connectivity index (χ0n) is 58.5. The van der Waals surface area contributed by atoms with Crippen LogP contribution in [0.25, 0.3) is 10.9 Å². The molecule has 4 aromatic carbocycles. The number of hydrogen-bond donors (Lipinski definition) is 23. The summed E-state index contributed by atoms with van der Waals surface area (Å²) in [5.41, 5.74) is 25.4. The van der Waals surface area contributed by atoms with Crippen LogP contribution >= 0.6 is 25.3 Å². The van der Waals surface area contributed by atoms with Gasteiger partial charge in [-0.25, -0.2) is 4.79 Å². The normalized spacial score (nSPS) is 15.1. The van der Waals surface area contributed by atoms with E-state index in [2.05, 4.69) is 93.7 Å². The smallest absolute Gasteiger partial charge is 0.327 e. The number of carboxylic acid groups (broad SMARTS) is 1. The zero-order valence-corrected chi connectivity index (χ0v) is 60.3. The molecule has 5 rings (SSSR count). The maximum Gasteiger partial charge on any atom is 0.327 e. The number of aromatic amines is 1. The lowest BCUT2D eigenvalue weighted by atomic mass is 10.00. The summed E-state index contributed by atoms with van der Waals surface area (Å²) < 4.78 is 0. The number of aliphatic hydroxyl groups excluding tert-OH is 4. The van der Waals surface area contributed by atoms with Crippen molar-refractivity contribution in [3.05, 3.63) is 144 Å². The number of amides is 11. The summed E-state index contributed by atoms with van der Waals surface area (Å²) >= 11 is 7.96. The van der Waals surface area contributed by atoms with Gasteiger partial charge in [-0.1, -0.05) is 109 Å². The van der Waals surface area contributed by atoms with Gasteiger partial charge < -0.3 is 112 Å². The minimum Gasteiger partial charge on any atom is -0.480 e. The number of unbranched alkanes of at least 4 members (excludes halogenated alkanes) is 1. The van der Waals surface area contributed by atoms with Crippen molar-refractivity contribution >= 4 is 113 Å². The number of benzene rings is 4. The van der Waals surface area contributed by atoms with Gasteiger partial charge in [-0.3, -0.25) is 57.7 Å². The number of thiol groups is 2. The van der Waals surface area contributed by atoms with Crippen LogP contribution < -0.4 is 81.4 Å². The van der Waals surface area contributed by atoms with Gasteiger partial charge in [0.05, 0.1) is 31.5 Å². The summed E-state index contributed by atoms with van der Waals surface area (Å²) in [4.78, 5) is 175. The number of nitrogens with zero attached hydrogens (tertiary/aromatic N) is 1. The number of rotatable bonds is 45. The van der Waals surface area contributed by atoms with Gasteiger partial charge in [0.2, 0.25) is 65.0 Å². The molecule has 0 aliphatic carbocycles. The number of hydrogen-bond acceptors (Lipinski definition) is 21. The van der Waals surface area contributed by atoms with Gasteiger partial charge in [-0.2, -0.15) is 25.3 Å². The van der Waals surface area contributed by atoms with Gasteiger partial charge >= 0.3 is 5.97 Å². The first kappa shape index (κ1) is 86.4. The largest absolute Gasteiger partial charge is 0.480 e. The van der Waals surface area contributed by atoms with Crippen molar-refractivity contribution in [2.75, 3.05) is 37.8 Å². The number of aliphatic carboxylic acids is 1. The number of carboxylic acids is 1. The Balaban J connectivity index is 1.46. The molecular weight excluding hydrogens is 1420 g/mol. The fraction of sp³-hybridized carbons (Fsp3) is 0.443. The highest BCUT2D eigenvalue weighted by Crippen LogP contribution is 2.21. The maximum atomic E-state index is 15.2. The Hall–Kier alpha value is -10.2. The molecule has 0 bridgehead atoms. The molecule has 0 spiro atoms. The van der Waals surface area contributed by atoms with Crippen molar-refractivity contribution in [2.24, 2.45) is 27.9 Å². The number of carbonyl (C=O) groups excluding carboxylic acids is 11. The van der Waals surface area contributed by atoms with Crippen molar-refractivity contribution < 1.29 is 83.1 Å². The highest BCUT2D eigenvalue weighted by atomic mass is 32.1. The van der Waals surface area contributed by atoms with E-state index >= 15 is 9.59 Å². The molecule has 1 aromatic heterocycles. The monoisotopic (exact) mass is 1510 g/mol. The van der Waals surface area contributed by atoms with Gasteiger partial charge in [0.15, 0.2) is 5.96 Å². The molecule has 11 amide bonds. The molecule has 0 aliphatic rings. The van der Waals surface area contributed by atoms with Crippen LogP contribution in [0.5, 0.6) is 0 Å². The van der Waals surface area contributed by atoms with Crippen molar-refractivity contribution in [1.29, 1.82) is 0 Å². The second kappa shape index (κ2) is 44.6. The number of aromatic nitrogens is 1. The summed E-state index contributed by atoms with van der Waals surface area (Å²) in [6.45, 7) is 0.418. The average Bonchev–Trinajstić information content (AvgIpc) is 1.69. The zero-order chi connectivity index (χ0) is 78.0. The number of aliphatic hydroxyl groups is 4. The molecule has 0 unspecified atom stereocenters. The topological polar surface area (TPSA) is 571 Å². The van der Waals surface area contributed by atoms with Crippen molar-refractivity contribution in [1.82, 2.24) is 63.5 Å². The Labute approximate surface area is 622 Å². The van der Waals surface area contributed by atoms with E-state index in [0.717, 1.165) is 13.8 Å². The molecule has 0 aliphatic heterocycles. The van der Waals surface area contributed by atoms with E-state index < -0.39 is 169 Å². The molecule has 0 saturated carbocycles. The van der Waals surface area contributed by atoms with Crippen LogP contribution in [0, 0.1) is 0 Å². The Morgan fingerprint density at radius 2 is 0.783 bits per heavy atom. The lowest BCUT2D eigenvalue weighted by Crippen LogP contribution is -2.63. The van der Waals surface area contributed by atoms with Gasteiger partial charge in [-0.15, -0.1) is 0 Å². The molecule has 0 saturated heterocycles. The van der Waals surface area contributed by atoms with E-state index in [1.165, 1.54) is 0 Å². The fourth-order valence-electron chi connectivity index (χ4n) is 10.9. The van der Waals surface area contributed by atoms with Gasteiger partial charge in [0, 0.05) is 60.8 Å². The first-order valence-electron chi connectivity index (χ1n) is 34.2. The van der Waals surface area contributed by atoms with Crippen LogP contribution in [-0.2, 0) is 83.2 Å². The minimum absolute atomic E-state index is 0.0533. The predicted molar refractivity (Wildman–Crippen MR) is 397 cm³/mol. The van der Waals surface area contributed by atoms with Crippen LogP contribution in [0.2, 0.25) is 0 Å². The van der Waals surface area contributed by atoms with Gasteiger partial charge in [0.25, 0.3) is 0 Å². The van der Waals surface area contributed by atoms with E-state index in [0.29, 0.717) is 39.6 Å². The molecule has 1 heterocycles. The van der Waals surface area contributed by atoms with E-state index in [9.17, 15) is 73.5 Å². The molecule has 36 heteroatoms. The van der Waals surface area contributed by atoms with Crippen molar-refractivity contribution in [3.63, 3.8) is 0 Å². The van der Waals surface area contributed by atoms with Crippen LogP contribution in [0.4, 0.5) is 0 Å². The Kier molecular flexibility index (Phi) is 36.3. The number of nitrogens with two attached hydrogens (primary N) is 4. The second-order valence-corrected chi connectivity index (χ2v) is 25.8. The third-order valence-corrected chi connectivity index (χ3v) is 17.5. The van der Waals surface area contributed by atoms with Gasteiger partial charge in [-0.05, 0) is 80.8 Å². The number of aliphatic imine (C=N–C) groups is 1. The highest BCUT2D eigenvalue weighted by Gasteiger charge is 2.39. The Morgan fingerprint density at radius 1 is 0.434 bits per heavy atom. The predicted octanol–water partition coefficient (Wildman–Crippen LogP) is -5.03. The highest BCUT2D eigenvalue weighted by molar-refractivity contribution is 7.80. The number of guanidine groups is 1. The summed E-state index contributed by atoms with van der Waals surface area (Å²) in [6, 6.07) is 12.9. The maximum absolute atomic E-state index is 15.2. The number of H-pyrrole nitrogens is 1. The number of fused-ring (bicyclic) bond motifs is 1. The SMILES string of the molecule is C[C@@H](O)[C@H](NC(=O)[C@H](Cc1ccccc1)NC(=O)[C@@H](NC(=O)[C@H](CCCCN)NC(=O)[C@@H](Cc1c[nH]c2ccccc12)NC(=O)[C@H](Cc1ccccc1)NC(=O)[C@H](Cc1ccccc1)NC(=O)[C@@H](CO)NC(=O)[C@H](CCCN=C(N)N)NC(=O)[C@@H](N)CS)[C@@H](C)O)C(=O)N[C@@H](CO)C(=O)N[C@@H](CS)C(=O)O. The molecule has 106 heavy (non-hydrogen) atoms. The van der Waals surface area contributed by atoms with E-state index in [1.54, 1.807) is 121 Å². The third-order valence-electron chi connectivity index (χ3n) is 16.7. The first-order valence-corrected chi connectivity index (χ1v) is 35.4. The summed E-state index contributed by atoms with van der Waals surface area (Å²) in [6.07, 6.45) is -2.30. The Morgan fingerprint density at radius 3 is 1.20 bits per heavy atom. The van der Waals surface area contributed by atoms with E-state index in [1.807, 2.05) is 0 Å². The molecule has 5 aromatic rings. The van der Waals surface area contributed by atoms with Crippen LogP contribution in [0.3, 0.4) is 0 Å². The van der Waals surface area contributed by atoms with Crippen LogP contribution in [-0.4, -0.2) is 230 Å². The second-order valence-electron chi connectivity index (χ2n) is 25.0. The lowest BCUT2D eigenvalue weighted by molar-refractivity contribution is -0.142. The summed E-state index contributed by atoms with van der Waals surface area (Å²) in [5.74, 6) is -13.3. The Bertz CT molecular complexity index is 3760. The molecular formula is C70H97N17O17S2. The van der Waals surface area contributed by atoms with Crippen LogP contribution in [0.15, 0.2) is 126 Å². The average molecular weight is 1510 g/mol. The molecule has 0 radical (unpaired) electrons. The van der Waals surface area contributed by atoms with Crippen molar-refractivity contribution in [3.8, 4) is 0 Å². The third kappa shape index (κ3) is 28.0. The number of nitrogens with one attached hydrogen (secondary N) is 12. The van der Waals surface area contributed by atoms with Crippen molar-refractivity contribution in [2.45, 2.75) is 156 Å².